The van der Waals surface area contributed by atoms with E-state index in [1.807, 2.05) is 65.4 Å². The number of pyridine rings is 2. The van der Waals surface area contributed by atoms with Crippen LogP contribution in [0, 0.1) is 0 Å². The number of fused-ring (bicyclic) bond motifs is 1. The average Bonchev–Trinajstić information content (AvgIpc) is 3.41. The molecule has 32 heavy (non-hydrogen) atoms. The summed E-state index contributed by atoms with van der Waals surface area (Å²) in [4.78, 5) is 34.9. The molecule has 1 fully saturated rings. The second-order valence-electron chi connectivity index (χ2n) is 7.99. The Kier molecular flexibility index (Phi) is 4.93. The van der Waals surface area contributed by atoms with E-state index in [4.69, 9.17) is 0 Å². The molecule has 3 aromatic heterocycles. The maximum absolute atomic E-state index is 12.1. The van der Waals surface area contributed by atoms with Crippen LogP contribution in [-0.4, -0.2) is 39.9 Å². The van der Waals surface area contributed by atoms with Gasteiger partial charge in [0.25, 0.3) is 5.91 Å². The summed E-state index contributed by atoms with van der Waals surface area (Å²) in [7, 11) is 3.55. The van der Waals surface area contributed by atoms with E-state index in [0.29, 0.717) is 12.0 Å². The van der Waals surface area contributed by atoms with Crippen molar-refractivity contribution in [1.82, 2.24) is 19.9 Å². The number of anilines is 1. The zero-order valence-corrected chi connectivity index (χ0v) is 18.0. The first-order chi connectivity index (χ1) is 15.5. The Bertz CT molecular complexity index is 1340. The Morgan fingerprint density at radius 3 is 2.53 bits per heavy atom. The molecule has 1 aromatic carbocycles. The number of hydrogen-bond donors (Lipinski definition) is 1. The van der Waals surface area contributed by atoms with Crippen LogP contribution in [0.3, 0.4) is 0 Å². The predicted octanol–water partition coefficient (Wildman–Crippen LogP) is 3.79. The van der Waals surface area contributed by atoms with Gasteiger partial charge in [-0.1, -0.05) is 12.1 Å². The summed E-state index contributed by atoms with van der Waals surface area (Å²) < 4.78 is 1.95. The molecule has 7 nitrogen and oxygen atoms in total. The van der Waals surface area contributed by atoms with E-state index in [2.05, 4.69) is 21.4 Å². The highest BCUT2D eigenvalue weighted by atomic mass is 16.2. The normalized spacial score (nSPS) is 13.7. The molecule has 1 aliphatic rings. The van der Waals surface area contributed by atoms with E-state index < -0.39 is 0 Å². The highest BCUT2D eigenvalue weighted by Crippen LogP contribution is 2.32. The van der Waals surface area contributed by atoms with Crippen LogP contribution >= 0.6 is 0 Å². The van der Waals surface area contributed by atoms with Gasteiger partial charge < -0.3 is 14.8 Å². The van der Waals surface area contributed by atoms with E-state index in [1.165, 1.54) is 0 Å². The highest BCUT2D eigenvalue weighted by Gasteiger charge is 2.21. The van der Waals surface area contributed by atoms with Gasteiger partial charge in [-0.3, -0.25) is 14.6 Å². The molecular weight excluding hydrogens is 402 g/mol. The number of amides is 2. The second-order valence-corrected chi connectivity index (χ2v) is 7.99. The van der Waals surface area contributed by atoms with Gasteiger partial charge >= 0.3 is 0 Å². The van der Waals surface area contributed by atoms with Crippen LogP contribution in [-0.2, 0) is 11.8 Å². The molecule has 0 saturated carbocycles. The summed E-state index contributed by atoms with van der Waals surface area (Å²) in [6.45, 7) is 0.780. The second kappa shape index (κ2) is 7.92. The molecule has 1 saturated heterocycles. The number of aryl methyl sites for hydroxylation is 1. The van der Waals surface area contributed by atoms with Crippen LogP contribution < -0.4 is 10.2 Å². The average molecular weight is 425 g/mol. The maximum atomic E-state index is 12.1. The monoisotopic (exact) mass is 425 g/mol. The quantitative estimate of drug-likeness (QED) is 0.540. The summed E-state index contributed by atoms with van der Waals surface area (Å²) in [5.74, 6) is 0.0137. The van der Waals surface area contributed by atoms with Crippen molar-refractivity contribution in [3.8, 4) is 22.3 Å². The summed E-state index contributed by atoms with van der Waals surface area (Å²) in [5, 5.41) is 3.55. The van der Waals surface area contributed by atoms with Gasteiger partial charge in [-0.15, -0.1) is 0 Å². The largest absolute Gasteiger partial charge is 0.355 e. The first-order valence-corrected chi connectivity index (χ1v) is 10.6. The lowest BCUT2D eigenvalue weighted by molar-refractivity contribution is -0.117. The summed E-state index contributed by atoms with van der Waals surface area (Å²) in [6, 6.07) is 12.0. The summed E-state index contributed by atoms with van der Waals surface area (Å²) in [5.41, 5.74) is 6.18. The zero-order valence-electron chi connectivity index (χ0n) is 18.0. The lowest BCUT2D eigenvalue weighted by Gasteiger charge is -2.16. The molecule has 1 N–H and O–H groups in total. The minimum absolute atomic E-state index is 0.169. The predicted molar refractivity (Wildman–Crippen MR) is 124 cm³/mol. The number of benzene rings is 1. The smallest absolute Gasteiger partial charge is 0.252 e. The fourth-order valence-electron chi connectivity index (χ4n) is 4.26. The molecule has 4 heterocycles. The van der Waals surface area contributed by atoms with Crippen molar-refractivity contribution in [2.75, 3.05) is 18.5 Å². The van der Waals surface area contributed by atoms with Gasteiger partial charge in [0.2, 0.25) is 5.91 Å². The van der Waals surface area contributed by atoms with Crippen molar-refractivity contribution in [2.45, 2.75) is 12.8 Å². The molecule has 0 aliphatic carbocycles. The number of nitrogens with one attached hydrogen (secondary N) is 1. The van der Waals surface area contributed by atoms with Gasteiger partial charge in [-0.2, -0.15) is 0 Å². The van der Waals surface area contributed by atoms with Gasteiger partial charge in [0.15, 0.2) is 0 Å². The van der Waals surface area contributed by atoms with E-state index in [-0.39, 0.29) is 11.8 Å². The van der Waals surface area contributed by atoms with Gasteiger partial charge in [0.1, 0.15) is 5.65 Å². The van der Waals surface area contributed by atoms with Crippen molar-refractivity contribution < 1.29 is 9.59 Å². The minimum Gasteiger partial charge on any atom is -0.355 e. The summed E-state index contributed by atoms with van der Waals surface area (Å²) >= 11 is 0. The van der Waals surface area contributed by atoms with Crippen molar-refractivity contribution in [3.05, 3.63) is 66.7 Å². The third-order valence-electron chi connectivity index (χ3n) is 5.94. The van der Waals surface area contributed by atoms with E-state index in [0.717, 1.165) is 51.9 Å². The van der Waals surface area contributed by atoms with Crippen LogP contribution in [0.2, 0.25) is 0 Å². The first kappa shape index (κ1) is 19.9. The number of rotatable bonds is 4. The lowest BCUT2D eigenvalue weighted by atomic mass is 10.0. The Morgan fingerprint density at radius 1 is 1.03 bits per heavy atom. The molecule has 0 radical (unpaired) electrons. The lowest BCUT2D eigenvalue weighted by Crippen LogP contribution is -2.23. The minimum atomic E-state index is -0.169. The van der Waals surface area contributed by atoms with Crippen LogP contribution in [0.4, 0.5) is 5.69 Å². The number of aromatic nitrogens is 3. The molecular formula is C25H23N5O2. The van der Waals surface area contributed by atoms with Crippen molar-refractivity contribution in [2.24, 2.45) is 7.05 Å². The van der Waals surface area contributed by atoms with Crippen LogP contribution in [0.15, 0.2) is 61.2 Å². The molecule has 0 unspecified atom stereocenters. The summed E-state index contributed by atoms with van der Waals surface area (Å²) in [6.07, 6.45) is 8.78. The molecule has 0 bridgehead atoms. The van der Waals surface area contributed by atoms with Gasteiger partial charge in [-0.05, 0) is 36.2 Å². The van der Waals surface area contributed by atoms with Crippen molar-refractivity contribution in [1.29, 1.82) is 0 Å². The first-order valence-electron chi connectivity index (χ1n) is 10.6. The Labute approximate surface area is 185 Å². The number of carbonyl (C=O) groups is 2. The van der Waals surface area contributed by atoms with Crippen LogP contribution in [0.25, 0.3) is 33.3 Å². The molecule has 7 heteroatoms. The van der Waals surface area contributed by atoms with Gasteiger partial charge in [-0.25, -0.2) is 4.98 Å². The fourth-order valence-corrected chi connectivity index (χ4v) is 4.26. The SMILES string of the molecule is CNC(=O)c1cnc2c(c1)c(-c1cncc(-c3ccc(N4CCCC4=O)cc3)c1)cn2C. The van der Waals surface area contributed by atoms with Crippen LogP contribution in [0.1, 0.15) is 23.2 Å². The Morgan fingerprint density at radius 2 is 1.81 bits per heavy atom. The van der Waals surface area contributed by atoms with Crippen molar-refractivity contribution >= 4 is 28.5 Å². The van der Waals surface area contributed by atoms with Gasteiger partial charge in [0, 0.05) is 79.6 Å². The molecule has 2 amide bonds. The van der Waals surface area contributed by atoms with Crippen molar-refractivity contribution in [3.63, 3.8) is 0 Å². The zero-order chi connectivity index (χ0) is 22.2. The molecule has 160 valence electrons. The highest BCUT2D eigenvalue weighted by molar-refractivity contribution is 6.01. The maximum Gasteiger partial charge on any atom is 0.252 e. The Hall–Kier alpha value is -4.00. The number of hydrogen-bond acceptors (Lipinski definition) is 4. The van der Waals surface area contributed by atoms with Gasteiger partial charge in [0.05, 0.1) is 5.56 Å². The molecule has 4 aromatic rings. The standard InChI is InChI=1S/C25H23N5O2/c1-26-25(32)19-11-21-22(15-29(2)24(21)28-14-19)18-10-17(12-27-13-18)16-5-7-20(8-6-16)30-9-3-4-23(30)31/h5-8,10-15H,3-4,9H2,1-2H3,(H,26,32). The third-order valence-corrected chi connectivity index (χ3v) is 5.94. The fraction of sp³-hybridized carbons (Fsp3) is 0.200. The van der Waals surface area contributed by atoms with E-state index in [9.17, 15) is 9.59 Å². The van der Waals surface area contributed by atoms with E-state index in [1.54, 1.807) is 13.2 Å². The van der Waals surface area contributed by atoms with E-state index >= 15 is 0 Å². The third kappa shape index (κ3) is 3.41. The molecule has 5 rings (SSSR count). The molecule has 0 atom stereocenters. The number of nitrogens with zero attached hydrogens (tertiary/aromatic N) is 4. The number of carbonyl (C=O) groups excluding carboxylic acids is 2. The Balaban J connectivity index is 1.52. The molecule has 0 spiro atoms. The van der Waals surface area contributed by atoms with Crippen LogP contribution in [0.5, 0.6) is 0 Å². The topological polar surface area (TPSA) is 80.1 Å². The molecule has 1 aliphatic heterocycles.